The van der Waals surface area contributed by atoms with Gasteiger partial charge in [-0.25, -0.2) is 14.6 Å². The molecule has 31 heavy (non-hydrogen) atoms. The molecule has 0 aliphatic rings. The van der Waals surface area contributed by atoms with Crippen LogP contribution in [0.4, 0.5) is 11.4 Å². The van der Waals surface area contributed by atoms with Crippen LogP contribution in [0.25, 0.3) is 16.7 Å². The van der Waals surface area contributed by atoms with E-state index >= 15 is 0 Å². The van der Waals surface area contributed by atoms with Gasteiger partial charge in [-0.05, 0) is 50.2 Å². The molecule has 0 aliphatic heterocycles. The van der Waals surface area contributed by atoms with E-state index in [-0.39, 0.29) is 11.7 Å². The highest BCUT2D eigenvalue weighted by atomic mass is 32.2. The van der Waals surface area contributed by atoms with E-state index in [1.165, 1.54) is 18.1 Å². The number of rotatable bonds is 8. The van der Waals surface area contributed by atoms with Crippen molar-refractivity contribution in [2.45, 2.75) is 18.9 Å². The summed E-state index contributed by atoms with van der Waals surface area (Å²) >= 11 is 1.38. The number of hydrogen-bond acceptors (Lipinski definition) is 6. The van der Waals surface area contributed by atoms with Crippen molar-refractivity contribution in [2.24, 2.45) is 0 Å². The molecule has 4 aromatic rings. The van der Waals surface area contributed by atoms with Crippen LogP contribution in [0.2, 0.25) is 0 Å². The molecule has 7 nitrogen and oxygen atoms in total. The standard InChI is InChI=1S/C23H24N6OS/c1-3-28(4-2)18-12-10-17(11-13-18)27-21(30)15-31-23-20-14-26-29(22(20)24-16-25-23)19-8-6-5-7-9-19/h5-14,16H,3-4,15H2,1-2H3,(H,27,30). The molecular weight excluding hydrogens is 408 g/mol. The predicted octanol–water partition coefficient (Wildman–Crippen LogP) is 4.39. The molecule has 1 amide bonds. The third kappa shape index (κ3) is 4.69. The molecule has 0 aliphatic carbocycles. The average molecular weight is 433 g/mol. The maximum absolute atomic E-state index is 12.5. The minimum atomic E-state index is -0.0807. The summed E-state index contributed by atoms with van der Waals surface area (Å²) in [4.78, 5) is 23.5. The molecule has 0 unspecified atom stereocenters. The molecule has 1 N–H and O–H groups in total. The van der Waals surface area contributed by atoms with Gasteiger partial charge in [-0.1, -0.05) is 30.0 Å². The molecule has 0 radical (unpaired) electrons. The van der Waals surface area contributed by atoms with Gasteiger partial charge < -0.3 is 10.2 Å². The normalized spacial score (nSPS) is 10.9. The summed E-state index contributed by atoms with van der Waals surface area (Å²) in [6, 6.07) is 17.7. The SMILES string of the molecule is CCN(CC)c1ccc(NC(=O)CSc2ncnc3c2cnn3-c2ccccc2)cc1. The Balaban J connectivity index is 1.42. The van der Waals surface area contributed by atoms with Crippen LogP contribution in [0, 0.1) is 0 Å². The highest BCUT2D eigenvalue weighted by Crippen LogP contribution is 2.26. The van der Waals surface area contributed by atoms with Crippen LogP contribution in [-0.4, -0.2) is 44.5 Å². The van der Waals surface area contributed by atoms with Crippen molar-refractivity contribution in [3.8, 4) is 5.69 Å². The number of carbonyl (C=O) groups excluding carboxylic acids is 1. The molecule has 0 spiro atoms. The first-order valence-electron chi connectivity index (χ1n) is 10.2. The summed E-state index contributed by atoms with van der Waals surface area (Å²) < 4.78 is 1.78. The van der Waals surface area contributed by atoms with E-state index in [0.29, 0.717) is 0 Å². The molecule has 0 fully saturated rings. The van der Waals surface area contributed by atoms with Crippen molar-refractivity contribution in [2.75, 3.05) is 29.1 Å². The molecule has 2 heterocycles. The second kappa shape index (κ2) is 9.61. The van der Waals surface area contributed by atoms with E-state index in [0.717, 1.165) is 46.2 Å². The molecule has 0 bridgehead atoms. The van der Waals surface area contributed by atoms with E-state index in [1.54, 1.807) is 10.9 Å². The first-order chi connectivity index (χ1) is 15.2. The van der Waals surface area contributed by atoms with Gasteiger partial charge in [0.1, 0.15) is 11.4 Å². The van der Waals surface area contributed by atoms with Crippen LogP contribution in [-0.2, 0) is 4.79 Å². The number of anilines is 2. The highest BCUT2D eigenvalue weighted by Gasteiger charge is 2.13. The first kappa shape index (κ1) is 20.9. The Kier molecular flexibility index (Phi) is 6.47. The van der Waals surface area contributed by atoms with E-state index in [1.807, 2.05) is 54.6 Å². The van der Waals surface area contributed by atoms with Gasteiger partial charge in [0.2, 0.25) is 5.91 Å². The van der Waals surface area contributed by atoms with E-state index in [4.69, 9.17) is 0 Å². The van der Waals surface area contributed by atoms with Crippen LogP contribution in [0.5, 0.6) is 0 Å². The third-order valence-electron chi connectivity index (χ3n) is 4.95. The van der Waals surface area contributed by atoms with Crippen molar-refractivity contribution in [1.29, 1.82) is 0 Å². The largest absolute Gasteiger partial charge is 0.372 e. The van der Waals surface area contributed by atoms with Crippen molar-refractivity contribution < 1.29 is 4.79 Å². The molecule has 158 valence electrons. The summed E-state index contributed by atoms with van der Waals surface area (Å²) in [5, 5.41) is 8.97. The van der Waals surface area contributed by atoms with Crippen molar-refractivity contribution in [3.05, 3.63) is 67.1 Å². The maximum Gasteiger partial charge on any atom is 0.234 e. The van der Waals surface area contributed by atoms with E-state index < -0.39 is 0 Å². The van der Waals surface area contributed by atoms with Crippen molar-refractivity contribution >= 4 is 40.1 Å². The van der Waals surface area contributed by atoms with Gasteiger partial charge in [-0.15, -0.1) is 0 Å². The molecule has 4 rings (SSSR count). The quantitative estimate of drug-likeness (QED) is 0.329. The maximum atomic E-state index is 12.5. The Bertz CT molecular complexity index is 1160. The fraction of sp³-hybridized carbons (Fsp3) is 0.217. The molecule has 0 atom stereocenters. The lowest BCUT2D eigenvalue weighted by atomic mass is 10.2. The number of amides is 1. The van der Waals surface area contributed by atoms with Crippen LogP contribution in [0.15, 0.2) is 72.1 Å². The van der Waals surface area contributed by atoms with E-state index in [9.17, 15) is 4.79 Å². The third-order valence-corrected chi connectivity index (χ3v) is 5.95. The van der Waals surface area contributed by atoms with E-state index in [2.05, 4.69) is 39.1 Å². The van der Waals surface area contributed by atoms with Gasteiger partial charge in [0.15, 0.2) is 5.65 Å². The Hall–Kier alpha value is -3.39. The lowest BCUT2D eigenvalue weighted by Gasteiger charge is -2.21. The lowest BCUT2D eigenvalue weighted by molar-refractivity contribution is -0.113. The minimum Gasteiger partial charge on any atom is -0.372 e. The monoisotopic (exact) mass is 432 g/mol. The summed E-state index contributed by atoms with van der Waals surface area (Å²) in [7, 11) is 0. The number of thioether (sulfide) groups is 1. The minimum absolute atomic E-state index is 0.0807. The van der Waals surface area contributed by atoms with Gasteiger partial charge >= 0.3 is 0 Å². The van der Waals surface area contributed by atoms with Crippen LogP contribution in [0.3, 0.4) is 0 Å². The molecule has 8 heteroatoms. The van der Waals surface area contributed by atoms with Gasteiger partial charge in [0, 0.05) is 24.5 Å². The van der Waals surface area contributed by atoms with Crippen LogP contribution < -0.4 is 10.2 Å². The Morgan fingerprint density at radius 3 is 2.48 bits per heavy atom. The molecule has 0 saturated carbocycles. The number of fused-ring (bicyclic) bond motifs is 1. The topological polar surface area (TPSA) is 75.9 Å². The van der Waals surface area contributed by atoms with Crippen molar-refractivity contribution in [3.63, 3.8) is 0 Å². The number of para-hydroxylation sites is 1. The first-order valence-corrected chi connectivity index (χ1v) is 11.2. The fourth-order valence-electron chi connectivity index (χ4n) is 3.37. The van der Waals surface area contributed by atoms with Gasteiger partial charge in [0.25, 0.3) is 0 Å². The molecule has 0 saturated heterocycles. The molecular formula is C23H24N6OS. The average Bonchev–Trinajstić information content (AvgIpc) is 3.25. The molecule has 2 aromatic heterocycles. The zero-order valence-electron chi connectivity index (χ0n) is 17.5. The summed E-state index contributed by atoms with van der Waals surface area (Å²) in [6.07, 6.45) is 3.25. The fourth-order valence-corrected chi connectivity index (χ4v) is 4.13. The smallest absolute Gasteiger partial charge is 0.234 e. The summed E-state index contributed by atoms with van der Waals surface area (Å²) in [5.74, 6) is 0.170. The van der Waals surface area contributed by atoms with Crippen molar-refractivity contribution in [1.82, 2.24) is 19.7 Å². The second-order valence-corrected chi connectivity index (χ2v) is 7.83. The zero-order chi connectivity index (χ0) is 21.6. The van der Waals surface area contributed by atoms with Gasteiger partial charge in [-0.2, -0.15) is 5.10 Å². The molecule has 2 aromatic carbocycles. The number of nitrogens with one attached hydrogen (secondary N) is 1. The number of nitrogens with zero attached hydrogens (tertiary/aromatic N) is 5. The number of aromatic nitrogens is 4. The second-order valence-electron chi connectivity index (χ2n) is 6.86. The highest BCUT2D eigenvalue weighted by molar-refractivity contribution is 8.00. The van der Waals surface area contributed by atoms with Crippen LogP contribution in [0.1, 0.15) is 13.8 Å². The van der Waals surface area contributed by atoms with Crippen LogP contribution >= 0.6 is 11.8 Å². The number of benzene rings is 2. The zero-order valence-corrected chi connectivity index (χ0v) is 18.3. The predicted molar refractivity (Wildman–Crippen MR) is 126 cm³/mol. The summed E-state index contributed by atoms with van der Waals surface area (Å²) in [5.41, 5.74) is 3.58. The Morgan fingerprint density at radius 2 is 1.77 bits per heavy atom. The van der Waals surface area contributed by atoms with Gasteiger partial charge in [-0.3, -0.25) is 4.79 Å². The number of carbonyl (C=O) groups is 1. The number of hydrogen-bond donors (Lipinski definition) is 1. The summed E-state index contributed by atoms with van der Waals surface area (Å²) in [6.45, 7) is 6.16. The Morgan fingerprint density at radius 1 is 1.03 bits per heavy atom. The Labute approximate surface area is 185 Å². The lowest BCUT2D eigenvalue weighted by Crippen LogP contribution is -2.21. The van der Waals surface area contributed by atoms with Gasteiger partial charge in [0.05, 0.1) is 23.0 Å².